The van der Waals surface area contributed by atoms with Crippen molar-refractivity contribution in [1.29, 1.82) is 0 Å². The van der Waals surface area contributed by atoms with E-state index >= 15 is 0 Å². The maximum atomic E-state index is 13.1. The fraction of sp³-hybridized carbons (Fsp3) is 0. The van der Waals surface area contributed by atoms with Gasteiger partial charge in [0.05, 0.1) is 32.7 Å². The highest BCUT2D eigenvalue weighted by molar-refractivity contribution is 7.99. The molecule has 11 heteroatoms. The van der Waals surface area contributed by atoms with Crippen LogP contribution in [0.4, 0.5) is 17.1 Å². The van der Waals surface area contributed by atoms with Crippen molar-refractivity contribution in [2.75, 3.05) is 4.90 Å². The lowest BCUT2D eigenvalue weighted by Gasteiger charge is -2.14. The third-order valence-corrected chi connectivity index (χ3v) is 6.52. The van der Waals surface area contributed by atoms with Crippen LogP contribution in [0.15, 0.2) is 101 Å². The number of benzene rings is 4. The third-order valence-electron chi connectivity index (χ3n) is 5.50. The molecule has 0 fully saturated rings. The number of anilines is 1. The number of nitro groups is 2. The summed E-state index contributed by atoms with van der Waals surface area (Å²) in [4.78, 5) is 49.6. The first kappa shape index (κ1) is 23.7. The average Bonchev–Trinajstić information content (AvgIpc) is 3.14. The Labute approximate surface area is 213 Å². The van der Waals surface area contributed by atoms with E-state index in [4.69, 9.17) is 4.74 Å². The normalized spacial score (nSPS) is 12.4. The molecule has 0 N–H and O–H groups in total. The summed E-state index contributed by atoms with van der Waals surface area (Å²) in [5, 5.41) is 21.8. The maximum Gasteiger partial charge on any atom is 0.273 e. The topological polar surface area (TPSA) is 133 Å². The van der Waals surface area contributed by atoms with Gasteiger partial charge >= 0.3 is 0 Å². The molecule has 0 saturated carbocycles. The molecule has 0 aromatic heterocycles. The van der Waals surface area contributed by atoms with Crippen molar-refractivity contribution >= 4 is 40.6 Å². The quantitative estimate of drug-likeness (QED) is 0.161. The molecule has 4 aromatic rings. The summed E-state index contributed by atoms with van der Waals surface area (Å²) in [5.41, 5.74) is 0.647. The molecule has 0 saturated heterocycles. The van der Waals surface area contributed by atoms with Crippen molar-refractivity contribution in [1.82, 2.24) is 0 Å². The Bertz CT molecular complexity index is 1570. The lowest BCUT2D eigenvalue weighted by atomic mass is 10.1. The number of ether oxygens (including phenoxy) is 1. The first-order valence-corrected chi connectivity index (χ1v) is 11.6. The van der Waals surface area contributed by atoms with Crippen LogP contribution in [0.2, 0.25) is 0 Å². The summed E-state index contributed by atoms with van der Waals surface area (Å²) in [6.07, 6.45) is 0. The summed E-state index contributed by atoms with van der Waals surface area (Å²) in [7, 11) is 0. The van der Waals surface area contributed by atoms with Gasteiger partial charge in [-0.3, -0.25) is 29.8 Å². The molecule has 37 heavy (non-hydrogen) atoms. The predicted octanol–water partition coefficient (Wildman–Crippen LogP) is 6.25. The Morgan fingerprint density at radius 2 is 1.24 bits per heavy atom. The number of fused-ring (bicyclic) bond motifs is 1. The van der Waals surface area contributed by atoms with Gasteiger partial charge < -0.3 is 4.74 Å². The molecule has 1 heterocycles. The van der Waals surface area contributed by atoms with Gasteiger partial charge in [-0.1, -0.05) is 17.8 Å². The highest BCUT2D eigenvalue weighted by Gasteiger charge is 2.37. The van der Waals surface area contributed by atoms with Crippen molar-refractivity contribution in [3.05, 3.63) is 122 Å². The predicted molar refractivity (Wildman–Crippen MR) is 134 cm³/mol. The number of nitro benzene ring substituents is 2. The number of hydrogen-bond donors (Lipinski definition) is 0. The summed E-state index contributed by atoms with van der Waals surface area (Å²) < 4.78 is 5.69. The van der Waals surface area contributed by atoms with Gasteiger partial charge in [-0.25, -0.2) is 4.90 Å². The molecule has 0 bridgehead atoms. The van der Waals surface area contributed by atoms with Gasteiger partial charge in [-0.15, -0.1) is 0 Å². The molecule has 0 atom stereocenters. The van der Waals surface area contributed by atoms with E-state index in [1.54, 1.807) is 42.5 Å². The van der Waals surface area contributed by atoms with Crippen LogP contribution in [-0.2, 0) is 0 Å². The average molecular weight is 513 g/mol. The molecule has 5 rings (SSSR count). The van der Waals surface area contributed by atoms with E-state index in [2.05, 4.69) is 0 Å². The zero-order chi connectivity index (χ0) is 26.1. The van der Waals surface area contributed by atoms with E-state index in [0.29, 0.717) is 5.69 Å². The molecule has 0 spiro atoms. The number of hydrogen-bond acceptors (Lipinski definition) is 8. The number of nitrogens with zero attached hydrogens (tertiary/aromatic N) is 3. The number of amides is 2. The van der Waals surface area contributed by atoms with E-state index in [1.807, 2.05) is 0 Å². The number of carbonyl (C=O) groups excluding carboxylic acids is 2. The zero-order valence-corrected chi connectivity index (χ0v) is 19.6. The molecular formula is C26H15N3O7S. The minimum absolute atomic E-state index is 0.00367. The van der Waals surface area contributed by atoms with Gasteiger partial charge in [0.15, 0.2) is 0 Å². The SMILES string of the molecule is O=C1c2ccc(Oc3cccc([N+](=O)[O-])c3)cc2C(=O)N1c1ccc(Sc2ccc([N+](=O)[O-])cc2)cc1. The first-order valence-electron chi connectivity index (χ1n) is 10.8. The number of carbonyl (C=O) groups is 2. The van der Waals surface area contributed by atoms with Crippen molar-refractivity contribution in [3.8, 4) is 11.5 Å². The van der Waals surface area contributed by atoms with Crippen molar-refractivity contribution in [2.24, 2.45) is 0 Å². The van der Waals surface area contributed by atoms with Crippen LogP contribution < -0.4 is 9.64 Å². The van der Waals surface area contributed by atoms with E-state index < -0.39 is 21.7 Å². The van der Waals surface area contributed by atoms with Gasteiger partial charge in [0.2, 0.25) is 0 Å². The van der Waals surface area contributed by atoms with Gasteiger partial charge in [0, 0.05) is 28.0 Å². The van der Waals surface area contributed by atoms with Crippen LogP contribution in [0.25, 0.3) is 0 Å². The number of non-ortho nitro benzene ring substituents is 2. The fourth-order valence-corrected chi connectivity index (χ4v) is 4.57. The Morgan fingerprint density at radius 3 is 1.89 bits per heavy atom. The number of rotatable bonds is 7. The molecule has 2 amide bonds. The van der Waals surface area contributed by atoms with E-state index in [9.17, 15) is 29.8 Å². The molecule has 0 unspecified atom stereocenters. The largest absolute Gasteiger partial charge is 0.457 e. The van der Waals surface area contributed by atoms with Crippen LogP contribution >= 0.6 is 11.8 Å². The molecule has 4 aromatic carbocycles. The first-order chi connectivity index (χ1) is 17.8. The van der Waals surface area contributed by atoms with E-state index in [-0.39, 0.29) is 34.0 Å². The second-order valence-corrected chi connectivity index (χ2v) is 9.00. The van der Waals surface area contributed by atoms with Gasteiger partial charge in [0.1, 0.15) is 11.5 Å². The molecule has 1 aliphatic rings. The molecule has 1 aliphatic heterocycles. The van der Waals surface area contributed by atoms with Crippen molar-refractivity contribution in [2.45, 2.75) is 9.79 Å². The summed E-state index contributed by atoms with van der Waals surface area (Å²) in [5.74, 6) is -0.501. The van der Waals surface area contributed by atoms with Crippen LogP contribution in [0, 0.1) is 20.2 Å². The van der Waals surface area contributed by atoms with Gasteiger partial charge in [-0.2, -0.15) is 0 Å². The highest BCUT2D eigenvalue weighted by Crippen LogP contribution is 2.35. The van der Waals surface area contributed by atoms with Crippen molar-refractivity contribution in [3.63, 3.8) is 0 Å². The highest BCUT2D eigenvalue weighted by atomic mass is 32.2. The molecule has 0 radical (unpaired) electrons. The summed E-state index contributed by atoms with van der Waals surface area (Å²) >= 11 is 1.38. The van der Waals surface area contributed by atoms with Crippen molar-refractivity contribution < 1.29 is 24.2 Å². The summed E-state index contributed by atoms with van der Waals surface area (Å²) in [6, 6.07) is 23.0. The molecular weight excluding hydrogens is 498 g/mol. The monoisotopic (exact) mass is 513 g/mol. The van der Waals surface area contributed by atoms with Crippen LogP contribution in [-0.4, -0.2) is 21.7 Å². The minimum Gasteiger partial charge on any atom is -0.457 e. The second kappa shape index (κ2) is 9.55. The van der Waals surface area contributed by atoms with Crippen LogP contribution in [0.1, 0.15) is 20.7 Å². The van der Waals surface area contributed by atoms with Gasteiger partial charge in [0.25, 0.3) is 23.2 Å². The van der Waals surface area contributed by atoms with Crippen LogP contribution in [0.5, 0.6) is 11.5 Å². The fourth-order valence-electron chi connectivity index (χ4n) is 3.75. The van der Waals surface area contributed by atoms with E-state index in [1.165, 1.54) is 60.3 Å². The third kappa shape index (κ3) is 4.75. The summed E-state index contributed by atoms with van der Waals surface area (Å²) in [6.45, 7) is 0. The maximum absolute atomic E-state index is 13.1. The Kier molecular flexibility index (Phi) is 6.12. The second-order valence-electron chi connectivity index (χ2n) is 7.86. The lowest BCUT2D eigenvalue weighted by molar-refractivity contribution is -0.385. The lowest BCUT2D eigenvalue weighted by Crippen LogP contribution is -2.29. The molecule has 182 valence electrons. The Morgan fingerprint density at radius 1 is 0.649 bits per heavy atom. The smallest absolute Gasteiger partial charge is 0.273 e. The molecule has 10 nitrogen and oxygen atoms in total. The van der Waals surface area contributed by atoms with Crippen LogP contribution in [0.3, 0.4) is 0 Å². The van der Waals surface area contributed by atoms with Gasteiger partial charge in [-0.05, 0) is 60.7 Å². The standard InChI is InChI=1S/C26H15N3O7S/c30-25-23-13-8-20(36-19-3-1-2-18(14-19)29(34)35)15-24(23)26(31)27(25)16-4-9-21(10-5-16)37-22-11-6-17(7-12-22)28(32)33/h1-15H. The Hall–Kier alpha value is -5.03. The Balaban J connectivity index is 1.33. The minimum atomic E-state index is -0.536. The molecule has 0 aliphatic carbocycles. The zero-order valence-electron chi connectivity index (χ0n) is 18.8. The number of imide groups is 1. The van der Waals surface area contributed by atoms with E-state index in [0.717, 1.165) is 14.7 Å².